The maximum Gasteiger partial charge on any atom is 0.237 e. The molecule has 1 heterocycles. The molecule has 1 fully saturated rings. The summed E-state index contributed by atoms with van der Waals surface area (Å²) in [7, 11) is 0. The highest BCUT2D eigenvalue weighted by Gasteiger charge is 2.29. The van der Waals surface area contributed by atoms with Crippen molar-refractivity contribution >= 4 is 5.91 Å². The van der Waals surface area contributed by atoms with Crippen molar-refractivity contribution in [2.75, 3.05) is 6.54 Å². The number of hydrogen-bond donors (Lipinski definition) is 3. The summed E-state index contributed by atoms with van der Waals surface area (Å²) < 4.78 is 5.13. The molecule has 100 valence electrons. The Balaban J connectivity index is 1.64. The van der Waals surface area contributed by atoms with Gasteiger partial charge in [0, 0.05) is 6.54 Å². The maximum absolute atomic E-state index is 11.7. The van der Waals surface area contributed by atoms with Crippen molar-refractivity contribution in [1.29, 1.82) is 0 Å². The maximum atomic E-state index is 11.7. The van der Waals surface area contributed by atoms with Gasteiger partial charge in [-0.1, -0.05) is 0 Å². The van der Waals surface area contributed by atoms with E-state index in [0.29, 0.717) is 19.0 Å². The fourth-order valence-corrected chi connectivity index (χ4v) is 1.78. The molecule has 1 aliphatic rings. The fraction of sp³-hybridized carbons (Fsp3) is 0.615. The van der Waals surface area contributed by atoms with E-state index in [-0.39, 0.29) is 18.1 Å². The minimum Gasteiger partial charge on any atom is -0.467 e. The first-order chi connectivity index (χ1) is 8.66. The highest BCUT2D eigenvalue weighted by Crippen LogP contribution is 2.32. The van der Waals surface area contributed by atoms with E-state index in [2.05, 4.69) is 10.6 Å². The van der Waals surface area contributed by atoms with Crippen molar-refractivity contribution in [3.05, 3.63) is 24.2 Å². The van der Waals surface area contributed by atoms with Crippen LogP contribution in [0.25, 0.3) is 0 Å². The zero-order valence-corrected chi connectivity index (χ0v) is 10.6. The molecule has 0 aromatic carbocycles. The smallest absolute Gasteiger partial charge is 0.237 e. The molecular formula is C13H20N2O3. The van der Waals surface area contributed by atoms with Crippen molar-refractivity contribution in [1.82, 2.24) is 10.6 Å². The van der Waals surface area contributed by atoms with Crippen molar-refractivity contribution in [2.24, 2.45) is 5.92 Å². The lowest BCUT2D eigenvalue weighted by molar-refractivity contribution is -0.123. The second kappa shape index (κ2) is 6.02. The van der Waals surface area contributed by atoms with E-state index >= 15 is 0 Å². The second-order valence-electron chi connectivity index (χ2n) is 4.83. The Labute approximate surface area is 107 Å². The number of amides is 1. The summed E-state index contributed by atoms with van der Waals surface area (Å²) in [6, 6.07) is 3.29. The van der Waals surface area contributed by atoms with Crippen LogP contribution >= 0.6 is 0 Å². The Morgan fingerprint density at radius 1 is 1.61 bits per heavy atom. The molecule has 2 atom stereocenters. The number of furan rings is 1. The molecule has 18 heavy (non-hydrogen) atoms. The molecule has 0 bridgehead atoms. The lowest BCUT2D eigenvalue weighted by Gasteiger charge is -2.16. The van der Waals surface area contributed by atoms with Crippen molar-refractivity contribution in [3.8, 4) is 0 Å². The van der Waals surface area contributed by atoms with Crippen LogP contribution < -0.4 is 10.6 Å². The largest absolute Gasteiger partial charge is 0.467 e. The first-order valence-corrected chi connectivity index (χ1v) is 6.38. The standard InChI is InChI=1S/C13H20N2O3/c1-9(14-8-12(16)10-4-5-10)13(17)15-7-11-3-2-6-18-11/h2-3,6,9-10,12,14,16H,4-5,7-8H2,1H3,(H,15,17). The van der Waals surface area contributed by atoms with Crippen molar-refractivity contribution in [3.63, 3.8) is 0 Å². The molecule has 1 saturated carbocycles. The summed E-state index contributed by atoms with van der Waals surface area (Å²) in [4.78, 5) is 11.7. The van der Waals surface area contributed by atoms with Crippen LogP contribution in [0.1, 0.15) is 25.5 Å². The van der Waals surface area contributed by atoms with Gasteiger partial charge in [-0.05, 0) is 37.8 Å². The van der Waals surface area contributed by atoms with Gasteiger partial charge in [0.05, 0.1) is 25.0 Å². The van der Waals surface area contributed by atoms with E-state index in [9.17, 15) is 9.90 Å². The first kappa shape index (κ1) is 13.1. The van der Waals surface area contributed by atoms with E-state index in [1.54, 1.807) is 19.3 Å². The number of hydrogen-bond acceptors (Lipinski definition) is 4. The molecule has 2 unspecified atom stereocenters. The lowest BCUT2D eigenvalue weighted by atomic mass is 10.2. The number of aliphatic hydroxyl groups is 1. The minimum atomic E-state index is -0.328. The van der Waals surface area contributed by atoms with Gasteiger partial charge in [0.25, 0.3) is 0 Å². The molecule has 1 amide bonds. The van der Waals surface area contributed by atoms with Crippen LogP contribution in [0.4, 0.5) is 0 Å². The predicted molar refractivity (Wildman–Crippen MR) is 66.8 cm³/mol. The van der Waals surface area contributed by atoms with Gasteiger partial charge in [-0.15, -0.1) is 0 Å². The number of carbonyl (C=O) groups excluding carboxylic acids is 1. The third-order valence-electron chi connectivity index (χ3n) is 3.21. The van der Waals surface area contributed by atoms with Crippen LogP contribution in [-0.2, 0) is 11.3 Å². The van der Waals surface area contributed by atoms with Gasteiger partial charge in [-0.3, -0.25) is 4.79 Å². The summed E-state index contributed by atoms with van der Waals surface area (Å²) in [6.45, 7) is 2.65. The van der Waals surface area contributed by atoms with Gasteiger partial charge in [-0.2, -0.15) is 0 Å². The third-order valence-corrected chi connectivity index (χ3v) is 3.21. The molecular weight excluding hydrogens is 232 g/mol. The molecule has 5 nitrogen and oxygen atoms in total. The summed E-state index contributed by atoms with van der Waals surface area (Å²) in [6.07, 6.45) is 3.45. The fourth-order valence-electron chi connectivity index (χ4n) is 1.78. The lowest BCUT2D eigenvalue weighted by Crippen LogP contribution is -2.44. The monoisotopic (exact) mass is 252 g/mol. The van der Waals surface area contributed by atoms with Crippen LogP contribution in [0.15, 0.2) is 22.8 Å². The number of carbonyl (C=O) groups is 1. The molecule has 1 aromatic rings. The predicted octanol–water partition coefficient (Wildman–Crippen LogP) is 0.645. The van der Waals surface area contributed by atoms with Crippen LogP contribution in [0.2, 0.25) is 0 Å². The van der Waals surface area contributed by atoms with Crippen LogP contribution in [-0.4, -0.2) is 29.7 Å². The van der Waals surface area contributed by atoms with Gasteiger partial charge >= 0.3 is 0 Å². The molecule has 3 N–H and O–H groups in total. The van der Waals surface area contributed by atoms with Crippen LogP contribution in [0.5, 0.6) is 0 Å². The Bertz CT molecular complexity index is 374. The summed E-state index contributed by atoms with van der Waals surface area (Å²) in [5, 5.41) is 15.5. The molecule has 5 heteroatoms. The molecule has 2 rings (SSSR count). The minimum absolute atomic E-state index is 0.0885. The van der Waals surface area contributed by atoms with E-state index in [0.717, 1.165) is 18.6 Å². The topological polar surface area (TPSA) is 74.5 Å². The number of aliphatic hydroxyl groups excluding tert-OH is 1. The van der Waals surface area contributed by atoms with E-state index in [1.165, 1.54) is 0 Å². The van der Waals surface area contributed by atoms with E-state index < -0.39 is 0 Å². The molecule has 0 radical (unpaired) electrons. The zero-order chi connectivity index (χ0) is 13.0. The van der Waals surface area contributed by atoms with Crippen molar-refractivity contribution in [2.45, 2.75) is 38.5 Å². The quantitative estimate of drug-likeness (QED) is 0.666. The number of nitrogens with one attached hydrogen (secondary N) is 2. The SMILES string of the molecule is CC(NCC(O)C1CC1)C(=O)NCc1ccco1. The Kier molecular flexibility index (Phi) is 4.38. The average molecular weight is 252 g/mol. The van der Waals surface area contributed by atoms with Gasteiger partial charge < -0.3 is 20.2 Å². The number of rotatable bonds is 7. The van der Waals surface area contributed by atoms with Crippen LogP contribution in [0, 0.1) is 5.92 Å². The van der Waals surface area contributed by atoms with Gasteiger partial charge in [0.15, 0.2) is 0 Å². The summed E-state index contributed by atoms with van der Waals surface area (Å²) >= 11 is 0. The Hall–Kier alpha value is -1.33. The Morgan fingerprint density at radius 3 is 3.00 bits per heavy atom. The van der Waals surface area contributed by atoms with Crippen LogP contribution in [0.3, 0.4) is 0 Å². The Morgan fingerprint density at radius 2 is 2.39 bits per heavy atom. The molecule has 0 aliphatic heterocycles. The highest BCUT2D eigenvalue weighted by atomic mass is 16.3. The van der Waals surface area contributed by atoms with Gasteiger partial charge in [0.1, 0.15) is 5.76 Å². The van der Waals surface area contributed by atoms with E-state index in [1.807, 2.05) is 6.07 Å². The zero-order valence-electron chi connectivity index (χ0n) is 10.6. The molecule has 1 aliphatic carbocycles. The van der Waals surface area contributed by atoms with Gasteiger partial charge in [-0.25, -0.2) is 0 Å². The molecule has 0 saturated heterocycles. The van der Waals surface area contributed by atoms with Crippen molar-refractivity contribution < 1.29 is 14.3 Å². The van der Waals surface area contributed by atoms with E-state index in [4.69, 9.17) is 4.42 Å². The highest BCUT2D eigenvalue weighted by molar-refractivity contribution is 5.81. The second-order valence-corrected chi connectivity index (χ2v) is 4.83. The normalized spacial score (nSPS) is 18.3. The summed E-state index contributed by atoms with van der Waals surface area (Å²) in [5.41, 5.74) is 0. The average Bonchev–Trinajstić information content (AvgIpc) is 3.10. The molecule has 0 spiro atoms. The molecule has 1 aromatic heterocycles. The summed E-state index contributed by atoms with van der Waals surface area (Å²) in [5.74, 6) is 1.07. The van der Waals surface area contributed by atoms with Gasteiger partial charge in [0.2, 0.25) is 5.91 Å². The first-order valence-electron chi connectivity index (χ1n) is 6.38. The third kappa shape index (κ3) is 3.85.